The van der Waals surface area contributed by atoms with Gasteiger partial charge < -0.3 is 0 Å². The number of nitrogens with zero attached hydrogens (tertiary/aromatic N) is 14. The average molecular weight is 1690 g/mol. The summed E-state index contributed by atoms with van der Waals surface area (Å²) in [6.45, 7) is 0. The average Bonchev–Trinajstić information content (AvgIpc) is 0.770. The van der Waals surface area contributed by atoms with E-state index in [2.05, 4.69) is 365 Å². The van der Waals surface area contributed by atoms with Crippen LogP contribution in [0.25, 0.3) is 234 Å². The summed E-state index contributed by atoms with van der Waals surface area (Å²) in [5, 5.41) is 13.4. The minimum Gasteiger partial charge on any atom is -0.265 e. The molecule has 8 aromatic heterocycles. The van der Waals surface area contributed by atoms with Crippen molar-refractivity contribution in [3.8, 4) is 169 Å². The fourth-order valence-corrected chi connectivity index (χ4v) is 17.3. The minimum absolute atomic E-state index is 0.596. The molecule has 14 nitrogen and oxygen atoms in total. The van der Waals surface area contributed by atoms with Crippen molar-refractivity contribution in [1.29, 1.82) is 0 Å². The predicted molar refractivity (Wildman–Crippen MR) is 535 cm³/mol. The first-order chi connectivity index (χ1) is 65.4. The third kappa shape index (κ3) is 16.6. The summed E-state index contributed by atoms with van der Waals surface area (Å²) in [5.74, 6) is 5.63. The molecular formula is C118H76N14. The van der Waals surface area contributed by atoms with Gasteiger partial charge in [0.15, 0.2) is 52.4 Å². The van der Waals surface area contributed by atoms with E-state index >= 15 is 0 Å². The molecule has 0 radical (unpaired) electrons. The standard InChI is InChI=1S/C40H26N4.2C39H25N5/c1-2-10-27(11-3-1)31-24-32(28-20-22-41-23-21-28)26-33(25-31)38-42-39(36-18-8-14-29-12-4-6-16-34(29)36)44-40(43-38)37-19-9-15-30-13-5-7-17-35(30)37;1-3-13-33-27(8-1)10-5-15-35(33)38-42-37(43-39(44-38)36-16-6-11-28-9-2-4-14-34(28)36)32-23-30(26-17-20-40-21-18-26)22-31(24-32)29-12-7-19-41-25-29;1-3-13-32-27(9-1)11-7-15-34(32)38-42-37(43-39(44-38)35-16-8-12-28-10-2-4-14-33(28)35)31-24-29(26-18-21-40-22-19-26)23-30(25-31)36-17-5-6-20-41-36/h1-26H;2*1-25H. The highest BCUT2D eigenvalue weighted by Crippen LogP contribution is 2.42. The van der Waals surface area contributed by atoms with Gasteiger partial charge in [0.1, 0.15) is 0 Å². The summed E-state index contributed by atoms with van der Waals surface area (Å²) in [4.78, 5) is 68.0. The highest BCUT2D eigenvalue weighted by atomic mass is 15.1. The molecule has 24 rings (SSSR count). The molecule has 0 aliphatic carbocycles. The molecule has 0 aliphatic rings. The molecule has 0 fully saturated rings. The number of hydrogen-bond acceptors (Lipinski definition) is 14. The molecule has 0 bridgehead atoms. The zero-order chi connectivity index (χ0) is 87.9. The second kappa shape index (κ2) is 36.1. The largest absolute Gasteiger partial charge is 0.265 e. The molecule has 0 saturated carbocycles. The van der Waals surface area contributed by atoms with Crippen molar-refractivity contribution in [1.82, 2.24) is 69.8 Å². The Labute approximate surface area is 761 Å². The molecule has 0 N–H and O–H groups in total. The Balaban J connectivity index is 0.000000116. The molecule has 24 aromatic rings. The summed E-state index contributed by atoms with van der Waals surface area (Å²) in [6, 6.07) is 140. The van der Waals surface area contributed by atoms with Crippen LogP contribution in [0.5, 0.6) is 0 Å². The van der Waals surface area contributed by atoms with E-state index in [1.165, 1.54) is 0 Å². The number of benzene rings is 16. The number of rotatable bonds is 15. The topological polar surface area (TPSA) is 180 Å². The molecule has 16 aromatic carbocycles. The lowest BCUT2D eigenvalue weighted by molar-refractivity contribution is 1.08. The lowest BCUT2D eigenvalue weighted by Gasteiger charge is -2.13. The number of aromatic nitrogens is 14. The number of pyridine rings is 5. The Hall–Kier alpha value is -18.1. The van der Waals surface area contributed by atoms with Crippen LogP contribution in [-0.4, -0.2) is 69.8 Å². The quantitative estimate of drug-likeness (QED) is 0.0945. The van der Waals surface area contributed by atoms with Gasteiger partial charge in [0.25, 0.3) is 0 Å². The van der Waals surface area contributed by atoms with Crippen molar-refractivity contribution in [2.24, 2.45) is 0 Å². The molecule has 8 heterocycles. The zero-order valence-electron chi connectivity index (χ0n) is 71.1. The van der Waals surface area contributed by atoms with Gasteiger partial charge in [-0.05, 0) is 224 Å². The second-order valence-corrected chi connectivity index (χ2v) is 32.0. The second-order valence-electron chi connectivity index (χ2n) is 32.0. The van der Waals surface area contributed by atoms with Gasteiger partial charge >= 0.3 is 0 Å². The van der Waals surface area contributed by atoms with E-state index < -0.39 is 0 Å². The Kier molecular flexibility index (Phi) is 21.8. The van der Waals surface area contributed by atoms with E-state index in [0.717, 1.165) is 182 Å². The molecule has 0 aliphatic heterocycles. The lowest BCUT2D eigenvalue weighted by atomic mass is 9.96. The number of hydrogen-bond donors (Lipinski definition) is 0. The van der Waals surface area contributed by atoms with Crippen LogP contribution in [-0.2, 0) is 0 Å². The van der Waals surface area contributed by atoms with Gasteiger partial charge in [-0.15, -0.1) is 0 Å². The van der Waals surface area contributed by atoms with Crippen LogP contribution in [0.15, 0.2) is 462 Å². The van der Waals surface area contributed by atoms with E-state index in [9.17, 15) is 0 Å². The van der Waals surface area contributed by atoms with Gasteiger partial charge in [-0.2, -0.15) is 0 Å². The predicted octanol–water partition coefficient (Wildman–Crippen LogP) is 28.5. The van der Waals surface area contributed by atoms with Crippen molar-refractivity contribution in [3.05, 3.63) is 462 Å². The summed E-state index contributed by atoms with van der Waals surface area (Å²) in [5.41, 5.74) is 21.0. The van der Waals surface area contributed by atoms with Gasteiger partial charge in [0, 0.05) is 117 Å². The van der Waals surface area contributed by atoms with E-state index in [1.807, 2.05) is 116 Å². The molecule has 618 valence electrons. The van der Waals surface area contributed by atoms with Gasteiger partial charge in [-0.1, -0.05) is 297 Å². The van der Waals surface area contributed by atoms with Crippen molar-refractivity contribution < 1.29 is 0 Å². The first-order valence-electron chi connectivity index (χ1n) is 43.6. The van der Waals surface area contributed by atoms with Crippen LogP contribution >= 0.6 is 0 Å². The molecule has 0 unspecified atom stereocenters. The van der Waals surface area contributed by atoms with Gasteiger partial charge in [0.2, 0.25) is 0 Å². The first kappa shape index (κ1) is 79.7. The van der Waals surface area contributed by atoms with Crippen LogP contribution in [0.1, 0.15) is 0 Å². The smallest absolute Gasteiger partial charge is 0.164 e. The van der Waals surface area contributed by atoms with Crippen molar-refractivity contribution >= 4 is 64.6 Å². The SMILES string of the molecule is c1ccc(-c2cc(-c3ccncc3)cc(-c3nc(-c4cccc5ccccc45)nc(-c4cccc5ccccc45)n3)c2)cc1.c1ccc(-c2cc(-c3ccncc3)cc(-c3nc(-c4cccc5ccccc45)nc(-c4cccc5ccccc45)n3)c2)nc1.c1cncc(-c2cc(-c3ccncc3)cc(-c3nc(-c4cccc5ccccc45)nc(-c4cccc5ccccc45)n3)c2)c1. The summed E-state index contributed by atoms with van der Waals surface area (Å²) in [6.07, 6.45) is 16.4. The third-order valence-electron chi connectivity index (χ3n) is 23.8. The van der Waals surface area contributed by atoms with Crippen LogP contribution in [0.3, 0.4) is 0 Å². The fourth-order valence-electron chi connectivity index (χ4n) is 17.3. The fraction of sp³-hybridized carbons (Fsp3) is 0. The maximum atomic E-state index is 5.16. The van der Waals surface area contributed by atoms with Crippen molar-refractivity contribution in [3.63, 3.8) is 0 Å². The third-order valence-corrected chi connectivity index (χ3v) is 23.8. The number of fused-ring (bicyclic) bond motifs is 6. The maximum absolute atomic E-state index is 5.16. The van der Waals surface area contributed by atoms with Crippen LogP contribution in [0.2, 0.25) is 0 Å². The van der Waals surface area contributed by atoms with Crippen LogP contribution in [0, 0.1) is 0 Å². The van der Waals surface area contributed by atoms with Crippen molar-refractivity contribution in [2.45, 2.75) is 0 Å². The van der Waals surface area contributed by atoms with Gasteiger partial charge in [-0.3, -0.25) is 24.9 Å². The summed E-state index contributed by atoms with van der Waals surface area (Å²) >= 11 is 0. The first-order valence-corrected chi connectivity index (χ1v) is 43.6. The van der Waals surface area contributed by atoms with Gasteiger partial charge in [0.05, 0.1) is 5.69 Å². The van der Waals surface area contributed by atoms with E-state index in [-0.39, 0.29) is 0 Å². The highest BCUT2D eigenvalue weighted by Gasteiger charge is 2.23. The lowest BCUT2D eigenvalue weighted by Crippen LogP contribution is -2.01. The van der Waals surface area contributed by atoms with Gasteiger partial charge in [-0.25, -0.2) is 44.9 Å². The normalized spacial score (nSPS) is 11.2. The molecule has 0 atom stereocenters. The van der Waals surface area contributed by atoms with E-state index in [4.69, 9.17) is 44.9 Å². The molecule has 0 saturated heterocycles. The monoisotopic (exact) mass is 1690 g/mol. The Morgan fingerprint density at radius 2 is 0.364 bits per heavy atom. The van der Waals surface area contributed by atoms with E-state index in [0.29, 0.717) is 52.4 Å². The molecule has 132 heavy (non-hydrogen) atoms. The van der Waals surface area contributed by atoms with Crippen molar-refractivity contribution in [2.75, 3.05) is 0 Å². The molecule has 0 amide bonds. The molecule has 14 heteroatoms. The highest BCUT2D eigenvalue weighted by molar-refractivity contribution is 6.02. The molecular weight excluding hydrogens is 1610 g/mol. The zero-order valence-corrected chi connectivity index (χ0v) is 71.1. The Bertz CT molecular complexity index is 7130. The Morgan fingerprint density at radius 1 is 0.129 bits per heavy atom. The summed E-state index contributed by atoms with van der Waals surface area (Å²) < 4.78 is 0. The minimum atomic E-state index is 0.596. The Morgan fingerprint density at radius 3 is 0.652 bits per heavy atom. The van der Waals surface area contributed by atoms with Crippen LogP contribution in [0.4, 0.5) is 0 Å². The summed E-state index contributed by atoms with van der Waals surface area (Å²) in [7, 11) is 0. The van der Waals surface area contributed by atoms with Crippen LogP contribution < -0.4 is 0 Å². The maximum Gasteiger partial charge on any atom is 0.164 e. The molecule has 0 spiro atoms. The van der Waals surface area contributed by atoms with E-state index in [1.54, 1.807) is 6.20 Å².